The summed E-state index contributed by atoms with van der Waals surface area (Å²) in [4.78, 5) is 16.7. The van der Waals surface area contributed by atoms with Crippen molar-refractivity contribution < 1.29 is 0 Å². The molecule has 28 heavy (non-hydrogen) atoms. The van der Waals surface area contributed by atoms with Crippen molar-refractivity contribution in [2.75, 3.05) is 25.0 Å². The van der Waals surface area contributed by atoms with Crippen molar-refractivity contribution in [3.63, 3.8) is 0 Å². The summed E-state index contributed by atoms with van der Waals surface area (Å²) in [6.45, 7) is 11.8. The predicted molar refractivity (Wildman–Crippen MR) is 121 cm³/mol. The summed E-state index contributed by atoms with van der Waals surface area (Å²) in [6, 6.07) is 4.62. The molecule has 6 heteroatoms. The number of aliphatic imine (C=N–C) groups is 2. The van der Waals surface area contributed by atoms with Gasteiger partial charge in [-0.2, -0.15) is 0 Å². The fourth-order valence-corrected chi connectivity index (χ4v) is 5.39. The lowest BCUT2D eigenvalue weighted by Crippen LogP contribution is -2.46. The maximum atomic E-state index is 4.96. The van der Waals surface area contributed by atoms with E-state index in [1.54, 1.807) is 0 Å². The Balaban J connectivity index is 1.35. The first-order valence-electron chi connectivity index (χ1n) is 10.4. The first kappa shape index (κ1) is 19.6. The number of anilines is 1. The van der Waals surface area contributed by atoms with Crippen molar-refractivity contribution in [3.8, 4) is 0 Å². The van der Waals surface area contributed by atoms with Crippen LogP contribution in [0.3, 0.4) is 0 Å². The monoisotopic (exact) mass is 397 g/mol. The molecule has 0 saturated carbocycles. The van der Waals surface area contributed by atoms with Crippen molar-refractivity contribution in [2.45, 2.75) is 58.0 Å². The van der Waals surface area contributed by atoms with Gasteiger partial charge in [0.2, 0.25) is 0 Å². The predicted octanol–water partition coefficient (Wildman–Crippen LogP) is 4.08. The quantitative estimate of drug-likeness (QED) is 0.813. The molecule has 3 aliphatic rings. The molecule has 0 bridgehead atoms. The molecule has 4 atom stereocenters. The maximum Gasteiger partial charge on any atom is 0.156 e. The van der Waals surface area contributed by atoms with Crippen LogP contribution in [0.5, 0.6) is 0 Å². The number of aromatic nitrogens is 1. The van der Waals surface area contributed by atoms with Gasteiger partial charge in [0.15, 0.2) is 6.17 Å². The fraction of sp³-hybridized carbons (Fsp3) is 0.591. The topological polar surface area (TPSA) is 52.9 Å². The average Bonchev–Trinajstić information content (AvgIpc) is 3.04. The number of thioether (sulfide) groups is 1. The molecule has 4 heterocycles. The second-order valence-corrected chi connectivity index (χ2v) is 9.63. The van der Waals surface area contributed by atoms with Crippen molar-refractivity contribution in [1.82, 2.24) is 9.88 Å². The number of piperidine rings is 1. The zero-order chi connectivity index (χ0) is 19.7. The van der Waals surface area contributed by atoms with Gasteiger partial charge in [-0.15, -0.1) is 0 Å². The van der Waals surface area contributed by atoms with E-state index >= 15 is 0 Å². The van der Waals surface area contributed by atoms with Crippen LogP contribution in [0.1, 0.15) is 38.1 Å². The third kappa shape index (κ3) is 4.49. The number of hydrogen-bond acceptors (Lipinski definition) is 6. The molecule has 3 unspecified atom stereocenters. The summed E-state index contributed by atoms with van der Waals surface area (Å²) in [5.74, 6) is 0.660. The van der Waals surface area contributed by atoms with Crippen molar-refractivity contribution in [2.24, 2.45) is 15.9 Å². The molecule has 1 aromatic rings. The smallest absolute Gasteiger partial charge is 0.156 e. The van der Waals surface area contributed by atoms with Crippen molar-refractivity contribution in [1.29, 1.82) is 0 Å². The molecular weight excluding hydrogens is 366 g/mol. The Bertz CT molecular complexity index is 795. The SMILES string of the molecule is CC1=NC2N=C([C@H](C)N3CCCC(CNc4cc(C)nc(C)c4)C3)C=CC2S1. The highest BCUT2D eigenvalue weighted by atomic mass is 32.2. The second kappa shape index (κ2) is 8.37. The number of fused-ring (bicyclic) bond motifs is 1. The first-order valence-corrected chi connectivity index (χ1v) is 11.3. The highest BCUT2D eigenvalue weighted by Crippen LogP contribution is 2.32. The molecule has 1 saturated heterocycles. The second-order valence-electron chi connectivity index (χ2n) is 8.26. The van der Waals surface area contributed by atoms with E-state index in [0.29, 0.717) is 17.2 Å². The van der Waals surface area contributed by atoms with E-state index in [4.69, 9.17) is 4.99 Å². The molecule has 0 radical (unpaired) electrons. The van der Waals surface area contributed by atoms with Crippen LogP contribution in [-0.4, -0.2) is 57.7 Å². The number of pyridine rings is 1. The van der Waals surface area contributed by atoms with Crippen LogP contribution in [0, 0.1) is 19.8 Å². The first-order chi connectivity index (χ1) is 13.5. The molecule has 1 fully saturated rings. The van der Waals surface area contributed by atoms with Gasteiger partial charge in [-0.3, -0.25) is 19.9 Å². The number of hydrogen-bond donors (Lipinski definition) is 1. The van der Waals surface area contributed by atoms with Gasteiger partial charge >= 0.3 is 0 Å². The number of likely N-dealkylation sites (tertiary alicyclic amines) is 1. The molecule has 5 nitrogen and oxygen atoms in total. The fourth-order valence-electron chi connectivity index (χ4n) is 4.43. The number of dihydropyridines is 1. The molecule has 150 valence electrons. The van der Waals surface area contributed by atoms with E-state index in [1.165, 1.54) is 24.2 Å². The number of rotatable bonds is 5. The minimum atomic E-state index is 0.0906. The molecule has 3 aliphatic heterocycles. The molecule has 1 N–H and O–H groups in total. The van der Waals surface area contributed by atoms with E-state index in [9.17, 15) is 0 Å². The summed E-state index contributed by atoms with van der Waals surface area (Å²) >= 11 is 1.84. The van der Waals surface area contributed by atoms with Gasteiger partial charge in [0.1, 0.15) is 0 Å². The van der Waals surface area contributed by atoms with E-state index < -0.39 is 0 Å². The van der Waals surface area contributed by atoms with Crippen LogP contribution in [0.15, 0.2) is 34.3 Å². The summed E-state index contributed by atoms with van der Waals surface area (Å²) < 4.78 is 0. The lowest BCUT2D eigenvalue weighted by molar-refractivity contribution is 0.166. The average molecular weight is 398 g/mol. The minimum absolute atomic E-state index is 0.0906. The van der Waals surface area contributed by atoms with Gasteiger partial charge in [-0.1, -0.05) is 17.8 Å². The largest absolute Gasteiger partial charge is 0.385 e. The Hall–Kier alpha value is -1.66. The van der Waals surface area contributed by atoms with E-state index in [1.807, 2.05) is 11.8 Å². The summed E-state index contributed by atoms with van der Waals surface area (Å²) in [5.41, 5.74) is 4.52. The Morgan fingerprint density at radius 1 is 1.21 bits per heavy atom. The Kier molecular flexibility index (Phi) is 5.88. The Labute approximate surface area is 172 Å². The standard InChI is InChI=1S/C22H31N5S/c1-14-10-19(11-15(2)24-14)23-12-18-6-5-9-27(13-18)16(3)20-7-8-21-22(26-20)25-17(4)28-21/h7-8,10-11,16,18,21-22H,5-6,9,12-13H2,1-4H3,(H,23,24)/t16-,18?,21?,22?/m0/s1. The van der Waals surface area contributed by atoms with Crippen LogP contribution in [0.2, 0.25) is 0 Å². The van der Waals surface area contributed by atoms with Crippen LogP contribution < -0.4 is 5.32 Å². The Morgan fingerprint density at radius 2 is 2.00 bits per heavy atom. The highest BCUT2D eigenvalue weighted by molar-refractivity contribution is 8.14. The van der Waals surface area contributed by atoms with Crippen LogP contribution in [-0.2, 0) is 0 Å². The molecule has 4 rings (SSSR count). The molecule has 0 spiro atoms. The summed E-state index contributed by atoms with van der Waals surface area (Å²) in [6.07, 6.45) is 7.16. The molecule has 1 aromatic heterocycles. The van der Waals surface area contributed by atoms with Gasteiger partial charge in [0.25, 0.3) is 0 Å². The van der Waals surface area contributed by atoms with Gasteiger partial charge in [0.05, 0.1) is 16.0 Å². The normalized spacial score (nSPS) is 28.5. The molecule has 0 aliphatic carbocycles. The van der Waals surface area contributed by atoms with Gasteiger partial charge < -0.3 is 5.32 Å². The Morgan fingerprint density at radius 3 is 2.79 bits per heavy atom. The van der Waals surface area contributed by atoms with Crippen LogP contribution in [0.25, 0.3) is 0 Å². The van der Waals surface area contributed by atoms with Gasteiger partial charge in [-0.25, -0.2) is 0 Å². The number of aryl methyl sites for hydroxylation is 2. The number of nitrogens with one attached hydrogen (secondary N) is 1. The van der Waals surface area contributed by atoms with E-state index in [-0.39, 0.29) is 6.17 Å². The lowest BCUT2D eigenvalue weighted by Gasteiger charge is -2.37. The molecular formula is C22H31N5S. The lowest BCUT2D eigenvalue weighted by atomic mass is 9.95. The van der Waals surface area contributed by atoms with Crippen molar-refractivity contribution >= 4 is 28.2 Å². The van der Waals surface area contributed by atoms with Crippen molar-refractivity contribution in [3.05, 3.63) is 35.7 Å². The zero-order valence-electron chi connectivity index (χ0n) is 17.4. The van der Waals surface area contributed by atoms with E-state index in [0.717, 1.165) is 36.1 Å². The third-order valence-electron chi connectivity index (χ3n) is 5.86. The summed E-state index contributed by atoms with van der Waals surface area (Å²) in [7, 11) is 0. The summed E-state index contributed by atoms with van der Waals surface area (Å²) in [5, 5.41) is 5.20. The van der Waals surface area contributed by atoms with Gasteiger partial charge in [0, 0.05) is 36.2 Å². The maximum absolute atomic E-state index is 4.96. The number of nitrogens with zero attached hydrogens (tertiary/aromatic N) is 4. The van der Waals surface area contributed by atoms with Crippen LogP contribution >= 0.6 is 11.8 Å². The van der Waals surface area contributed by atoms with Gasteiger partial charge in [-0.05, 0) is 71.2 Å². The molecule has 0 amide bonds. The third-order valence-corrected chi connectivity index (χ3v) is 6.97. The highest BCUT2D eigenvalue weighted by Gasteiger charge is 2.32. The van der Waals surface area contributed by atoms with Crippen LogP contribution in [0.4, 0.5) is 5.69 Å². The molecule has 0 aromatic carbocycles. The zero-order valence-corrected chi connectivity index (χ0v) is 18.2. The van der Waals surface area contributed by atoms with E-state index in [2.05, 4.69) is 72.2 Å². The minimum Gasteiger partial charge on any atom is -0.385 e.